The van der Waals surface area contributed by atoms with Crippen LogP contribution in [-0.2, 0) is 19.9 Å². The number of nitrogens with one attached hydrogen (secondary N) is 2. The minimum absolute atomic E-state index is 0.0645. The van der Waals surface area contributed by atoms with Crippen molar-refractivity contribution in [3.05, 3.63) is 60.0 Å². The quantitative estimate of drug-likeness (QED) is 0.762. The van der Waals surface area contributed by atoms with Crippen molar-refractivity contribution in [2.75, 3.05) is 5.32 Å². The second-order valence-electron chi connectivity index (χ2n) is 6.44. The maximum atomic E-state index is 12.4. The number of carbonyl (C=O) groups is 1. The highest BCUT2D eigenvalue weighted by Gasteiger charge is 2.24. The third-order valence-electron chi connectivity index (χ3n) is 4.62. The van der Waals surface area contributed by atoms with E-state index in [-0.39, 0.29) is 12.1 Å². The Bertz CT molecular complexity index is 921. The van der Waals surface area contributed by atoms with E-state index in [2.05, 4.69) is 25.9 Å². The number of nitrogens with zero attached hydrogens (tertiary/aromatic N) is 4. The van der Waals surface area contributed by atoms with Gasteiger partial charge in [0.15, 0.2) is 0 Å². The van der Waals surface area contributed by atoms with Gasteiger partial charge in [-0.05, 0) is 25.0 Å². The molecule has 0 bridgehead atoms. The van der Waals surface area contributed by atoms with E-state index < -0.39 is 0 Å². The maximum Gasteiger partial charge on any atom is 0.319 e. The van der Waals surface area contributed by atoms with Gasteiger partial charge in [-0.3, -0.25) is 9.67 Å². The van der Waals surface area contributed by atoms with Crippen molar-refractivity contribution in [3.8, 4) is 11.3 Å². The molecular formula is C19H20N6O. The number of hydrogen-bond donors (Lipinski definition) is 2. The highest BCUT2D eigenvalue weighted by molar-refractivity contribution is 5.90. The average Bonchev–Trinajstić information content (AvgIpc) is 3.03. The molecule has 3 aromatic rings. The lowest BCUT2D eigenvalue weighted by atomic mass is 9.96. The number of fused-ring (bicyclic) bond motifs is 1. The first kappa shape index (κ1) is 16.3. The van der Waals surface area contributed by atoms with Crippen LogP contribution in [0.5, 0.6) is 0 Å². The van der Waals surface area contributed by atoms with E-state index in [1.54, 1.807) is 12.3 Å². The van der Waals surface area contributed by atoms with Crippen molar-refractivity contribution < 1.29 is 4.79 Å². The lowest BCUT2D eigenvalue weighted by molar-refractivity contribution is 0.247. The summed E-state index contributed by atoms with van der Waals surface area (Å²) in [6.45, 7) is 0. The summed E-state index contributed by atoms with van der Waals surface area (Å²) in [6, 6.07) is 13.4. The van der Waals surface area contributed by atoms with Crippen molar-refractivity contribution in [2.45, 2.75) is 25.3 Å². The highest BCUT2D eigenvalue weighted by Crippen LogP contribution is 2.21. The van der Waals surface area contributed by atoms with Gasteiger partial charge in [-0.25, -0.2) is 4.79 Å². The van der Waals surface area contributed by atoms with Crippen molar-refractivity contribution in [1.82, 2.24) is 25.3 Å². The molecule has 0 radical (unpaired) electrons. The van der Waals surface area contributed by atoms with Crippen LogP contribution in [-0.4, -0.2) is 32.1 Å². The Hall–Kier alpha value is -3.22. The predicted octanol–water partition coefficient (Wildman–Crippen LogP) is 2.56. The van der Waals surface area contributed by atoms with E-state index in [4.69, 9.17) is 0 Å². The minimum Gasteiger partial charge on any atom is -0.335 e. The van der Waals surface area contributed by atoms with Crippen LogP contribution in [0.15, 0.2) is 48.7 Å². The summed E-state index contributed by atoms with van der Waals surface area (Å²) in [7, 11) is 1.90. The topological polar surface area (TPSA) is 84.7 Å². The van der Waals surface area contributed by atoms with E-state index in [0.717, 1.165) is 35.5 Å². The number of pyridine rings is 1. The molecular weight excluding hydrogens is 328 g/mol. The number of amides is 2. The molecule has 2 amide bonds. The van der Waals surface area contributed by atoms with Crippen LogP contribution in [0, 0.1) is 0 Å². The highest BCUT2D eigenvalue weighted by atomic mass is 16.2. The lowest BCUT2D eigenvalue weighted by Gasteiger charge is -2.22. The van der Waals surface area contributed by atoms with Crippen molar-refractivity contribution in [3.63, 3.8) is 0 Å². The third kappa shape index (κ3) is 3.42. The van der Waals surface area contributed by atoms with Crippen LogP contribution in [0.3, 0.4) is 0 Å². The summed E-state index contributed by atoms with van der Waals surface area (Å²) in [5, 5.41) is 14.2. The Morgan fingerprint density at radius 1 is 1.23 bits per heavy atom. The molecule has 0 saturated heterocycles. The van der Waals surface area contributed by atoms with Crippen LogP contribution in [0.4, 0.5) is 10.5 Å². The van der Waals surface area contributed by atoms with E-state index in [0.29, 0.717) is 12.1 Å². The van der Waals surface area contributed by atoms with E-state index in [1.807, 2.05) is 48.1 Å². The number of urea groups is 1. The SMILES string of the molecule is Cn1nnc2c1CCC(NC(=O)Nc1ccnc(-c3ccccc3)c1)C2. The zero-order chi connectivity index (χ0) is 17.9. The Morgan fingerprint density at radius 2 is 2.08 bits per heavy atom. The van der Waals surface area contributed by atoms with Gasteiger partial charge in [0.1, 0.15) is 0 Å². The zero-order valence-corrected chi connectivity index (χ0v) is 14.5. The minimum atomic E-state index is -0.215. The van der Waals surface area contributed by atoms with Gasteiger partial charge in [0.25, 0.3) is 0 Å². The molecule has 1 aliphatic rings. The van der Waals surface area contributed by atoms with Gasteiger partial charge in [0.2, 0.25) is 0 Å². The lowest BCUT2D eigenvalue weighted by Crippen LogP contribution is -2.41. The number of aryl methyl sites for hydroxylation is 1. The summed E-state index contributed by atoms with van der Waals surface area (Å²) in [4.78, 5) is 16.7. The molecule has 1 atom stereocenters. The van der Waals surface area contributed by atoms with Crippen molar-refractivity contribution >= 4 is 11.7 Å². The van der Waals surface area contributed by atoms with Gasteiger partial charge in [-0.15, -0.1) is 5.10 Å². The van der Waals surface area contributed by atoms with Crippen molar-refractivity contribution in [2.24, 2.45) is 7.05 Å². The van der Waals surface area contributed by atoms with E-state index in [9.17, 15) is 4.79 Å². The summed E-state index contributed by atoms with van der Waals surface area (Å²) in [5.74, 6) is 0. The molecule has 7 heteroatoms. The molecule has 2 N–H and O–H groups in total. The molecule has 132 valence electrons. The summed E-state index contributed by atoms with van der Waals surface area (Å²) in [6.07, 6.45) is 4.16. The molecule has 1 aliphatic carbocycles. The Kier molecular flexibility index (Phi) is 4.35. The smallest absolute Gasteiger partial charge is 0.319 e. The average molecular weight is 348 g/mol. The molecule has 0 fully saturated rings. The molecule has 2 aromatic heterocycles. The summed E-state index contributed by atoms with van der Waals surface area (Å²) < 4.78 is 1.81. The van der Waals surface area contributed by atoms with Crippen LogP contribution >= 0.6 is 0 Å². The van der Waals surface area contributed by atoms with Gasteiger partial charge in [-0.2, -0.15) is 0 Å². The van der Waals surface area contributed by atoms with Gasteiger partial charge in [-0.1, -0.05) is 35.5 Å². The molecule has 2 heterocycles. The first-order chi connectivity index (χ1) is 12.7. The molecule has 1 unspecified atom stereocenters. The summed E-state index contributed by atoms with van der Waals surface area (Å²) in [5.41, 5.74) is 4.68. The normalized spacial score (nSPS) is 16.0. The number of anilines is 1. The fourth-order valence-corrected chi connectivity index (χ4v) is 3.28. The van der Waals surface area contributed by atoms with Crippen LogP contribution in [0.1, 0.15) is 17.8 Å². The van der Waals surface area contributed by atoms with Gasteiger partial charge in [0, 0.05) is 37.0 Å². The largest absolute Gasteiger partial charge is 0.335 e. The molecule has 0 aliphatic heterocycles. The Labute approximate surface area is 151 Å². The van der Waals surface area contributed by atoms with Gasteiger partial charge in [0.05, 0.1) is 17.1 Å². The monoisotopic (exact) mass is 348 g/mol. The number of carbonyl (C=O) groups excluding carboxylic acids is 1. The van der Waals surface area contributed by atoms with Crippen LogP contribution in [0.2, 0.25) is 0 Å². The number of aromatic nitrogens is 4. The fourth-order valence-electron chi connectivity index (χ4n) is 3.28. The summed E-state index contributed by atoms with van der Waals surface area (Å²) >= 11 is 0. The van der Waals surface area contributed by atoms with Gasteiger partial charge < -0.3 is 10.6 Å². The Morgan fingerprint density at radius 3 is 2.92 bits per heavy atom. The second kappa shape index (κ2) is 6.95. The van der Waals surface area contributed by atoms with E-state index >= 15 is 0 Å². The number of hydrogen-bond acceptors (Lipinski definition) is 4. The third-order valence-corrected chi connectivity index (χ3v) is 4.62. The predicted molar refractivity (Wildman–Crippen MR) is 98.6 cm³/mol. The van der Waals surface area contributed by atoms with Crippen LogP contribution < -0.4 is 10.6 Å². The fraction of sp³-hybridized carbons (Fsp3) is 0.263. The Balaban J connectivity index is 1.40. The zero-order valence-electron chi connectivity index (χ0n) is 14.5. The standard InChI is InChI=1S/C19H20N6O/c1-25-18-8-7-14(12-17(18)23-24-25)21-19(26)22-15-9-10-20-16(11-15)13-5-3-2-4-6-13/h2-6,9-11,14H,7-8,12H2,1H3,(H2,20,21,22,26). The molecule has 4 rings (SSSR count). The first-order valence-corrected chi connectivity index (χ1v) is 8.65. The van der Waals surface area contributed by atoms with Gasteiger partial charge >= 0.3 is 6.03 Å². The van der Waals surface area contributed by atoms with Crippen molar-refractivity contribution in [1.29, 1.82) is 0 Å². The second-order valence-corrected chi connectivity index (χ2v) is 6.44. The molecule has 0 spiro atoms. The first-order valence-electron chi connectivity index (χ1n) is 8.65. The maximum absolute atomic E-state index is 12.4. The van der Waals surface area contributed by atoms with Crippen LogP contribution in [0.25, 0.3) is 11.3 Å². The molecule has 26 heavy (non-hydrogen) atoms. The van der Waals surface area contributed by atoms with E-state index in [1.165, 1.54) is 0 Å². The molecule has 0 saturated carbocycles. The molecule has 7 nitrogen and oxygen atoms in total. The molecule has 1 aromatic carbocycles. The number of rotatable bonds is 3. The number of benzene rings is 1.